The number of carbonyl (C=O) groups is 1. The predicted octanol–water partition coefficient (Wildman–Crippen LogP) is 2.25. The Morgan fingerprint density at radius 3 is 2.21 bits per heavy atom. The number of hydrogen-bond donors (Lipinski definition) is 2. The summed E-state index contributed by atoms with van der Waals surface area (Å²) in [7, 11) is 1.63. The van der Waals surface area contributed by atoms with Crippen LogP contribution in [0.25, 0.3) is 0 Å². The number of benzene rings is 1. The number of hydrogen-bond acceptors (Lipinski definition) is 3. The van der Waals surface area contributed by atoms with Crippen molar-refractivity contribution in [2.75, 3.05) is 7.11 Å². The molecule has 0 aliphatic rings. The molecule has 4 heteroatoms. The third-order valence-electron chi connectivity index (χ3n) is 3.19. The number of rotatable bonds is 4. The fourth-order valence-corrected chi connectivity index (χ4v) is 1.67. The minimum atomic E-state index is -0.520. The Morgan fingerprint density at radius 2 is 1.79 bits per heavy atom. The van der Waals surface area contributed by atoms with Gasteiger partial charge in [0, 0.05) is 0 Å². The van der Waals surface area contributed by atoms with Crippen LogP contribution in [0.3, 0.4) is 0 Å². The smallest absolute Gasteiger partial charge is 0.237 e. The average Bonchev–Trinajstić information content (AvgIpc) is 2.36. The molecule has 0 saturated heterocycles. The van der Waals surface area contributed by atoms with E-state index in [1.54, 1.807) is 7.11 Å². The van der Waals surface area contributed by atoms with Crippen LogP contribution < -0.4 is 15.8 Å². The molecule has 19 heavy (non-hydrogen) atoms. The first-order chi connectivity index (χ1) is 8.75. The van der Waals surface area contributed by atoms with Crippen molar-refractivity contribution in [1.29, 1.82) is 0 Å². The van der Waals surface area contributed by atoms with Gasteiger partial charge in [0.2, 0.25) is 5.91 Å². The highest BCUT2D eigenvalue weighted by atomic mass is 16.5. The summed E-state index contributed by atoms with van der Waals surface area (Å²) in [6.07, 6.45) is 0. The molecule has 0 spiro atoms. The van der Waals surface area contributed by atoms with E-state index < -0.39 is 6.04 Å². The maximum Gasteiger partial charge on any atom is 0.237 e. The van der Waals surface area contributed by atoms with Gasteiger partial charge >= 0.3 is 0 Å². The van der Waals surface area contributed by atoms with Crippen molar-refractivity contribution < 1.29 is 9.53 Å². The zero-order chi connectivity index (χ0) is 14.6. The molecule has 0 radical (unpaired) electrons. The summed E-state index contributed by atoms with van der Waals surface area (Å²) in [4.78, 5) is 12.0. The summed E-state index contributed by atoms with van der Waals surface area (Å²) in [5.41, 5.74) is 6.71. The molecule has 2 atom stereocenters. The average molecular weight is 264 g/mol. The molecule has 1 aromatic carbocycles. The molecule has 4 nitrogen and oxygen atoms in total. The van der Waals surface area contributed by atoms with Crippen LogP contribution in [-0.2, 0) is 4.79 Å². The van der Waals surface area contributed by atoms with Crippen LogP contribution >= 0.6 is 0 Å². The molecule has 0 aromatic heterocycles. The van der Waals surface area contributed by atoms with Crippen LogP contribution in [-0.4, -0.2) is 19.1 Å². The number of amides is 1. The van der Waals surface area contributed by atoms with Gasteiger partial charge in [-0.25, -0.2) is 0 Å². The molecule has 0 fully saturated rings. The Bertz CT molecular complexity index is 421. The third-order valence-corrected chi connectivity index (χ3v) is 3.19. The van der Waals surface area contributed by atoms with Crippen molar-refractivity contribution in [3.8, 4) is 5.75 Å². The SMILES string of the molecule is COc1ccc([C@@H](C)NC(=O)[C@H](N)C(C)(C)C)cc1. The van der Waals surface area contributed by atoms with Crippen LogP contribution in [0.2, 0.25) is 0 Å². The quantitative estimate of drug-likeness (QED) is 0.876. The van der Waals surface area contributed by atoms with Gasteiger partial charge in [0.05, 0.1) is 19.2 Å². The normalized spacial score (nSPS) is 14.6. The van der Waals surface area contributed by atoms with Gasteiger partial charge in [-0.15, -0.1) is 0 Å². The first-order valence-corrected chi connectivity index (χ1v) is 6.45. The van der Waals surface area contributed by atoms with Gasteiger partial charge in [0.1, 0.15) is 5.75 Å². The third kappa shape index (κ3) is 4.24. The van der Waals surface area contributed by atoms with E-state index in [4.69, 9.17) is 10.5 Å². The maximum absolute atomic E-state index is 12.0. The number of nitrogens with two attached hydrogens (primary N) is 1. The van der Waals surface area contributed by atoms with Crippen molar-refractivity contribution >= 4 is 5.91 Å². The summed E-state index contributed by atoms with van der Waals surface area (Å²) in [6, 6.07) is 7.03. The van der Waals surface area contributed by atoms with E-state index in [0.717, 1.165) is 11.3 Å². The van der Waals surface area contributed by atoms with Crippen LogP contribution in [0.1, 0.15) is 39.3 Å². The summed E-state index contributed by atoms with van der Waals surface area (Å²) in [5.74, 6) is 0.671. The first kappa shape index (κ1) is 15.5. The largest absolute Gasteiger partial charge is 0.497 e. The highest BCUT2D eigenvalue weighted by molar-refractivity contribution is 5.82. The first-order valence-electron chi connectivity index (χ1n) is 6.45. The Labute approximate surface area is 115 Å². The van der Waals surface area contributed by atoms with Crippen molar-refractivity contribution in [3.05, 3.63) is 29.8 Å². The molecule has 0 bridgehead atoms. The van der Waals surface area contributed by atoms with Crippen LogP contribution in [0.5, 0.6) is 5.75 Å². The molecule has 1 aromatic rings. The van der Waals surface area contributed by atoms with Crippen molar-refractivity contribution in [3.63, 3.8) is 0 Å². The van der Waals surface area contributed by atoms with Crippen LogP contribution in [0, 0.1) is 5.41 Å². The fraction of sp³-hybridized carbons (Fsp3) is 0.533. The Morgan fingerprint density at radius 1 is 1.26 bits per heavy atom. The van der Waals surface area contributed by atoms with Gasteiger partial charge < -0.3 is 15.8 Å². The van der Waals surface area contributed by atoms with E-state index in [9.17, 15) is 4.79 Å². The predicted molar refractivity (Wildman–Crippen MR) is 77.0 cm³/mol. The van der Waals surface area contributed by atoms with Gasteiger partial charge in [-0.3, -0.25) is 4.79 Å². The zero-order valence-corrected chi connectivity index (χ0v) is 12.4. The maximum atomic E-state index is 12.0. The topological polar surface area (TPSA) is 64.3 Å². The minimum absolute atomic E-state index is 0.0770. The van der Waals surface area contributed by atoms with Gasteiger partial charge in [0.15, 0.2) is 0 Å². The lowest BCUT2D eigenvalue weighted by Gasteiger charge is -2.27. The second kappa shape index (κ2) is 6.06. The monoisotopic (exact) mass is 264 g/mol. The Kier molecular flexibility index (Phi) is 4.95. The van der Waals surface area contributed by atoms with Gasteiger partial charge in [-0.05, 0) is 30.0 Å². The standard InChI is InChI=1S/C15H24N2O2/c1-10(11-6-8-12(19-5)9-7-11)17-14(18)13(16)15(2,3)4/h6-10,13H,16H2,1-5H3,(H,17,18)/t10-,13+/m1/s1. The molecule has 1 amide bonds. The molecule has 106 valence electrons. The minimum Gasteiger partial charge on any atom is -0.497 e. The molecular formula is C15H24N2O2. The summed E-state index contributed by atoms with van der Waals surface area (Å²) < 4.78 is 5.11. The molecule has 0 heterocycles. The van der Waals surface area contributed by atoms with Crippen molar-refractivity contribution in [1.82, 2.24) is 5.32 Å². The van der Waals surface area contributed by atoms with E-state index >= 15 is 0 Å². The van der Waals surface area contributed by atoms with Gasteiger partial charge in [-0.2, -0.15) is 0 Å². The van der Waals surface area contributed by atoms with E-state index in [1.165, 1.54) is 0 Å². The second-order valence-electron chi connectivity index (χ2n) is 5.85. The summed E-state index contributed by atoms with van der Waals surface area (Å²) in [6.45, 7) is 7.80. The van der Waals surface area contributed by atoms with E-state index in [-0.39, 0.29) is 17.4 Å². The Hall–Kier alpha value is -1.55. The van der Waals surface area contributed by atoms with E-state index in [0.29, 0.717) is 0 Å². The number of methoxy groups -OCH3 is 1. The van der Waals surface area contributed by atoms with Gasteiger partial charge in [0.25, 0.3) is 0 Å². The lowest BCUT2D eigenvalue weighted by atomic mass is 9.86. The molecular weight excluding hydrogens is 240 g/mol. The second-order valence-corrected chi connectivity index (χ2v) is 5.85. The number of carbonyl (C=O) groups excluding carboxylic acids is 1. The van der Waals surface area contributed by atoms with Gasteiger partial charge in [-0.1, -0.05) is 32.9 Å². The van der Waals surface area contributed by atoms with Crippen LogP contribution in [0.15, 0.2) is 24.3 Å². The lowest BCUT2D eigenvalue weighted by Crippen LogP contribution is -2.49. The molecule has 0 saturated carbocycles. The van der Waals surface area contributed by atoms with Crippen molar-refractivity contribution in [2.24, 2.45) is 11.1 Å². The molecule has 0 unspecified atom stereocenters. The lowest BCUT2D eigenvalue weighted by molar-refractivity contribution is -0.125. The molecule has 1 rings (SSSR count). The number of nitrogens with one attached hydrogen (secondary N) is 1. The number of ether oxygens (including phenoxy) is 1. The zero-order valence-electron chi connectivity index (χ0n) is 12.4. The highest BCUT2D eigenvalue weighted by Crippen LogP contribution is 2.20. The van der Waals surface area contributed by atoms with E-state index in [2.05, 4.69) is 5.32 Å². The summed E-state index contributed by atoms with van der Waals surface area (Å²) >= 11 is 0. The van der Waals surface area contributed by atoms with Crippen molar-refractivity contribution in [2.45, 2.75) is 39.8 Å². The molecule has 0 aliphatic carbocycles. The summed E-state index contributed by atoms with van der Waals surface area (Å²) in [5, 5.41) is 2.94. The molecule has 3 N–H and O–H groups in total. The van der Waals surface area contributed by atoms with E-state index in [1.807, 2.05) is 52.0 Å². The molecule has 0 aliphatic heterocycles. The fourth-order valence-electron chi connectivity index (χ4n) is 1.67. The van der Waals surface area contributed by atoms with Crippen LogP contribution in [0.4, 0.5) is 0 Å². The Balaban J connectivity index is 2.68. The highest BCUT2D eigenvalue weighted by Gasteiger charge is 2.28.